The van der Waals surface area contributed by atoms with Gasteiger partial charge in [-0.15, -0.1) is 0 Å². The Balaban J connectivity index is 1.52. The van der Waals surface area contributed by atoms with Gasteiger partial charge in [0.1, 0.15) is 0 Å². The number of halogens is 1. The van der Waals surface area contributed by atoms with Crippen molar-refractivity contribution in [1.29, 1.82) is 0 Å². The minimum atomic E-state index is -0.624. The smallest absolute Gasteiger partial charge is 0.335 e. The van der Waals surface area contributed by atoms with Gasteiger partial charge >= 0.3 is 5.97 Å². The molecule has 1 aliphatic rings. The van der Waals surface area contributed by atoms with Gasteiger partial charge in [0, 0.05) is 0 Å². The monoisotopic (exact) mass is 512 g/mol. The zero-order valence-electron chi connectivity index (χ0n) is 18.2. The van der Waals surface area contributed by atoms with Gasteiger partial charge < -0.3 is 14.6 Å². The Labute approximate surface area is 199 Å². The second-order valence-electron chi connectivity index (χ2n) is 8.34. The molecule has 0 radical (unpaired) electrons. The van der Waals surface area contributed by atoms with E-state index in [4.69, 9.17) is 9.25 Å². The molecule has 0 aliphatic heterocycles. The predicted molar refractivity (Wildman–Crippen MR) is 128 cm³/mol. The third-order valence-corrected chi connectivity index (χ3v) is 6.57. The van der Waals surface area contributed by atoms with Crippen molar-refractivity contribution in [1.82, 2.24) is 5.48 Å². The molecule has 1 aliphatic carbocycles. The third kappa shape index (κ3) is 5.45. The van der Waals surface area contributed by atoms with E-state index in [0.29, 0.717) is 4.67 Å². The van der Waals surface area contributed by atoms with E-state index in [1.807, 2.05) is 31.2 Å². The van der Waals surface area contributed by atoms with Crippen LogP contribution in [0.1, 0.15) is 59.9 Å². The van der Waals surface area contributed by atoms with Crippen LogP contribution in [0.5, 0.6) is 0 Å². The Morgan fingerprint density at radius 2 is 1.70 bits per heavy atom. The van der Waals surface area contributed by atoms with E-state index < -0.39 is 17.8 Å². The molecule has 1 fully saturated rings. The van der Waals surface area contributed by atoms with Crippen LogP contribution in [-0.2, 0) is 9.63 Å². The summed E-state index contributed by atoms with van der Waals surface area (Å²) < 4.78 is 5.72. The van der Waals surface area contributed by atoms with Crippen molar-refractivity contribution in [2.24, 2.45) is 11.8 Å². The Morgan fingerprint density at radius 1 is 1.00 bits per heavy atom. The molecule has 172 valence electrons. The second-order valence-corrected chi connectivity index (χ2v) is 9.12. The molecule has 4 rings (SSSR count). The van der Waals surface area contributed by atoms with Crippen molar-refractivity contribution >= 4 is 50.2 Å². The molecule has 2 amide bonds. The fourth-order valence-electron chi connectivity index (χ4n) is 4.22. The van der Waals surface area contributed by atoms with Gasteiger partial charge in [-0.3, -0.25) is 9.59 Å². The molecule has 0 bridgehead atoms. The van der Waals surface area contributed by atoms with Crippen LogP contribution in [0.25, 0.3) is 10.8 Å². The Morgan fingerprint density at radius 3 is 2.36 bits per heavy atom. The maximum Gasteiger partial charge on any atom is 0.335 e. The fraction of sp³-hybridized carbons (Fsp3) is 0.320. The zero-order chi connectivity index (χ0) is 23.4. The van der Waals surface area contributed by atoms with Crippen LogP contribution in [0.3, 0.4) is 0 Å². The first-order valence-corrected chi connectivity index (χ1v) is 11.8. The molecule has 33 heavy (non-hydrogen) atoms. The van der Waals surface area contributed by atoms with Crippen LogP contribution in [0.4, 0.5) is 5.69 Å². The summed E-state index contributed by atoms with van der Waals surface area (Å²) in [5, 5.41) is 4.37. The molecule has 2 N–H and O–H groups in total. The number of rotatable bonds is 5. The normalized spacial score (nSPS) is 15.1. The minimum Gasteiger partial charge on any atom is -0.444 e. The number of hydrogen-bond acceptors (Lipinski definition) is 5. The van der Waals surface area contributed by atoms with Crippen LogP contribution in [-0.4, -0.2) is 17.8 Å². The number of amides is 2. The second kappa shape index (κ2) is 10.2. The van der Waals surface area contributed by atoms with Gasteiger partial charge in [-0.05, 0) is 69.7 Å². The van der Waals surface area contributed by atoms with E-state index in [0.717, 1.165) is 36.5 Å². The highest BCUT2D eigenvalue weighted by Gasteiger charge is 2.28. The van der Waals surface area contributed by atoms with Gasteiger partial charge in [0.2, 0.25) is 0 Å². The number of carbonyl (C=O) groups is 3. The highest BCUT2D eigenvalue weighted by atomic mass is 79.9. The third-order valence-electron chi connectivity index (χ3n) is 6.15. The van der Waals surface area contributed by atoms with Gasteiger partial charge in [-0.1, -0.05) is 50.5 Å². The molecule has 8 heteroatoms. The van der Waals surface area contributed by atoms with E-state index in [1.54, 1.807) is 18.2 Å². The first kappa shape index (κ1) is 23.0. The van der Waals surface area contributed by atoms with Crippen LogP contribution < -0.4 is 10.8 Å². The van der Waals surface area contributed by atoms with Crippen LogP contribution in [0.2, 0.25) is 0 Å². The van der Waals surface area contributed by atoms with Crippen molar-refractivity contribution in [3.63, 3.8) is 0 Å². The number of hydrogen-bond donors (Lipinski definition) is 2. The Bertz CT molecular complexity index is 1180. The highest BCUT2D eigenvalue weighted by molar-refractivity contribution is 9.10. The lowest BCUT2D eigenvalue weighted by Crippen LogP contribution is -2.33. The molecule has 0 unspecified atom stereocenters. The van der Waals surface area contributed by atoms with E-state index in [1.165, 1.54) is 12.5 Å². The fourth-order valence-corrected chi connectivity index (χ4v) is 4.53. The largest absolute Gasteiger partial charge is 0.444 e. The van der Waals surface area contributed by atoms with E-state index in [9.17, 15) is 14.4 Å². The summed E-state index contributed by atoms with van der Waals surface area (Å²) >= 11 is 3.17. The number of anilines is 1. The van der Waals surface area contributed by atoms with Gasteiger partial charge in [0.25, 0.3) is 11.8 Å². The molecule has 3 aromatic rings. The zero-order valence-corrected chi connectivity index (χ0v) is 19.8. The lowest BCUT2D eigenvalue weighted by molar-refractivity contribution is -0.155. The molecule has 1 saturated carbocycles. The molecule has 0 spiro atoms. The van der Waals surface area contributed by atoms with Crippen LogP contribution in [0, 0.1) is 11.8 Å². The van der Waals surface area contributed by atoms with E-state index in [2.05, 4.69) is 26.7 Å². The van der Waals surface area contributed by atoms with Crippen LogP contribution >= 0.6 is 15.9 Å². The molecular weight excluding hydrogens is 488 g/mol. The first-order chi connectivity index (χ1) is 15.9. The Hall–Kier alpha value is -3.13. The number of hydroxylamine groups is 1. The van der Waals surface area contributed by atoms with Gasteiger partial charge in [-0.25, -0.2) is 4.79 Å². The summed E-state index contributed by atoms with van der Waals surface area (Å²) in [6.45, 7) is 1.84. The number of furan rings is 1. The molecular formula is C25H25BrN2O5. The van der Waals surface area contributed by atoms with Crippen molar-refractivity contribution < 1.29 is 23.6 Å². The maximum absolute atomic E-state index is 13.0. The first-order valence-electron chi connectivity index (χ1n) is 11.0. The molecule has 1 heterocycles. The van der Waals surface area contributed by atoms with Gasteiger partial charge in [0.15, 0.2) is 10.4 Å². The van der Waals surface area contributed by atoms with Gasteiger partial charge in [-0.2, -0.15) is 5.48 Å². The molecule has 0 saturated heterocycles. The quantitative estimate of drug-likeness (QED) is 0.417. The summed E-state index contributed by atoms with van der Waals surface area (Å²) in [5.41, 5.74) is 2.72. The predicted octanol–water partition coefficient (Wildman–Crippen LogP) is 5.85. The average Bonchev–Trinajstić information content (AvgIpc) is 3.28. The molecule has 2 aromatic carbocycles. The lowest BCUT2D eigenvalue weighted by atomic mass is 9.81. The standard InChI is InChI=1S/C25H25BrN2O5/c1-15(16-7-3-2-4-8-16)25(31)33-28-23(29)19-13-17-9-5-6-10-18(17)14-20(19)27-24(30)21-11-12-22(26)32-21/h5-6,9-16H,2-4,7-8H2,1H3,(H,27,30)(H,28,29)/t15-/m0/s1. The van der Waals surface area contributed by atoms with E-state index >= 15 is 0 Å². The van der Waals surface area contributed by atoms with Crippen molar-refractivity contribution in [3.05, 3.63) is 64.5 Å². The van der Waals surface area contributed by atoms with E-state index in [-0.39, 0.29) is 28.8 Å². The molecule has 1 aromatic heterocycles. The average molecular weight is 513 g/mol. The molecule has 1 atom stereocenters. The topological polar surface area (TPSA) is 97.6 Å². The maximum atomic E-state index is 13.0. The van der Waals surface area contributed by atoms with Gasteiger partial charge in [0.05, 0.1) is 17.2 Å². The Kier molecular flexibility index (Phi) is 7.13. The lowest BCUT2D eigenvalue weighted by Gasteiger charge is -2.25. The van der Waals surface area contributed by atoms with Crippen molar-refractivity contribution in [3.8, 4) is 0 Å². The van der Waals surface area contributed by atoms with Crippen molar-refractivity contribution in [2.45, 2.75) is 39.0 Å². The SMILES string of the molecule is C[C@H](C(=O)ONC(=O)c1cc2ccccc2cc1NC(=O)c1ccc(Br)o1)C1CCCCC1. The van der Waals surface area contributed by atoms with Crippen LogP contribution in [0.15, 0.2) is 57.6 Å². The minimum absolute atomic E-state index is 0.0918. The number of benzene rings is 2. The van der Waals surface area contributed by atoms with Crippen molar-refractivity contribution in [2.75, 3.05) is 5.32 Å². The number of fused-ring (bicyclic) bond motifs is 1. The highest BCUT2D eigenvalue weighted by Crippen LogP contribution is 2.30. The molecule has 7 nitrogen and oxygen atoms in total. The summed E-state index contributed by atoms with van der Waals surface area (Å²) in [7, 11) is 0. The summed E-state index contributed by atoms with van der Waals surface area (Å²) in [6, 6.07) is 13.9. The number of nitrogens with one attached hydrogen (secondary N) is 2. The summed E-state index contributed by atoms with van der Waals surface area (Å²) in [4.78, 5) is 43.3. The number of carbonyl (C=O) groups excluding carboxylic acids is 3. The summed E-state index contributed by atoms with van der Waals surface area (Å²) in [6.07, 6.45) is 5.41. The summed E-state index contributed by atoms with van der Waals surface area (Å²) in [5.74, 6) is -1.52.